The Hall–Kier alpha value is -5.99. The number of nitrogens with zero attached hydrogens (tertiary/aromatic N) is 4. The fourth-order valence-electron chi connectivity index (χ4n) is 4.69. The Kier molecular flexibility index (Phi) is 32.5. The van der Waals surface area contributed by atoms with Crippen molar-refractivity contribution in [3.8, 4) is 0 Å². The van der Waals surface area contributed by atoms with Gasteiger partial charge in [0.05, 0.1) is 64.3 Å². The van der Waals surface area contributed by atoms with Crippen LogP contribution in [-0.4, -0.2) is 82.6 Å². The Morgan fingerprint density at radius 1 is 0.611 bits per heavy atom. The van der Waals surface area contributed by atoms with Crippen LogP contribution < -0.4 is 35.3 Å². The quantitative estimate of drug-likeness (QED) is 0.0199. The number of ether oxygens (including phenoxy) is 2. The van der Waals surface area contributed by atoms with Crippen LogP contribution in [0.4, 0.5) is 22.7 Å². The molecule has 0 aliphatic heterocycles. The van der Waals surface area contributed by atoms with Crippen molar-refractivity contribution in [2.75, 3.05) is 20.0 Å². The molecule has 0 bridgehead atoms. The van der Waals surface area contributed by atoms with Gasteiger partial charge in [0.15, 0.2) is 0 Å². The number of aliphatic carboxylic acids is 1. The van der Waals surface area contributed by atoms with Crippen molar-refractivity contribution in [3.05, 3.63) is 183 Å². The first-order valence-electron chi connectivity index (χ1n) is 18.2. The van der Waals surface area contributed by atoms with Crippen molar-refractivity contribution in [2.24, 2.45) is 5.34 Å². The van der Waals surface area contributed by atoms with Gasteiger partial charge in [-0.3, -0.25) is 44.7 Å². The van der Waals surface area contributed by atoms with Crippen LogP contribution in [0.1, 0.15) is 37.4 Å². The summed E-state index contributed by atoms with van der Waals surface area (Å²) in [6, 6.07) is 22.3. The zero-order valence-corrected chi connectivity index (χ0v) is 46.7. The van der Waals surface area contributed by atoms with Crippen molar-refractivity contribution in [3.63, 3.8) is 0 Å². The van der Waals surface area contributed by atoms with Crippen molar-refractivity contribution in [1.29, 1.82) is 0 Å². The Labute approximate surface area is 466 Å². The van der Waals surface area contributed by atoms with Gasteiger partial charge in [0.25, 0.3) is 26.1 Å². The van der Waals surface area contributed by atoms with Gasteiger partial charge in [0.1, 0.15) is 0 Å². The smallest absolute Gasteiger partial charge is 0.481 e. The van der Waals surface area contributed by atoms with Gasteiger partial charge in [-0.15, -0.1) is 5.34 Å². The summed E-state index contributed by atoms with van der Waals surface area (Å²) < 4.78 is 33.5. The number of methoxy groups -OCH3 is 2. The third-order valence-corrected chi connectivity index (χ3v) is 10.7. The number of nitrogen functional groups attached to an aromatic ring is 1. The molecule has 5 rings (SSSR count). The van der Waals surface area contributed by atoms with Crippen LogP contribution in [0.3, 0.4) is 0 Å². The second kappa shape index (κ2) is 34.4. The first-order chi connectivity index (χ1) is 33.0. The van der Waals surface area contributed by atoms with Crippen LogP contribution in [0.25, 0.3) is 0 Å². The van der Waals surface area contributed by atoms with Crippen LogP contribution >= 0.6 is 74.4 Å². The molecule has 0 fully saturated rings. The first kappa shape index (κ1) is 68.1. The number of aromatic carboxylic acids is 2. The number of anilines is 1. The van der Waals surface area contributed by atoms with Crippen molar-refractivity contribution >= 4 is 136 Å². The minimum atomic E-state index is -3.80. The number of hydrogen-bond acceptors (Lipinski definition) is 19. The molecule has 0 saturated heterocycles. The third-order valence-electron chi connectivity index (χ3n) is 7.50. The Balaban J connectivity index is 0. The molecular weight excluding hydrogens is 1280 g/mol. The largest absolute Gasteiger partial charge is 1.00 e. The topological polar surface area (TPSA) is 407 Å². The SMILES string of the molecule is COC(=O)Cc1cc(Br)cc(S(=O)(=O)Cl)c1.COC(=O)Cc1cc(N)cc(Br)c1.O=C(O)Cc1cc(Br)cc([N+](=O)[O-])c1.O=C(O)c1cc(Br)cc([N+](=O)[O-])c1.O=C(O)c1cccc([N+](=O)[O-])c1.O=N[O-].[Na+]. The van der Waals surface area contributed by atoms with E-state index in [-0.39, 0.29) is 87.9 Å². The molecule has 0 spiro atoms. The fourth-order valence-corrected chi connectivity index (χ4v) is 7.78. The summed E-state index contributed by atoms with van der Waals surface area (Å²) in [6.45, 7) is 0. The molecule has 0 aromatic heterocycles. The summed E-state index contributed by atoms with van der Waals surface area (Å²) in [5.41, 5.74) is 7.23. The normalized spacial score (nSPS) is 9.60. The average Bonchev–Trinajstić information content (AvgIpc) is 3.26. The maximum Gasteiger partial charge on any atom is 1.00 e. The standard InChI is InChI=1S/C9H8BrClO4S.C9H10BrNO2.C8H6BrNO4.C7H4BrNO4.C7H5NO4.HNO2.Na/c1-15-9(12)4-6-2-7(10)5-8(3-6)16(11,13)14;1-13-9(12)4-6-2-7(10)5-8(11)3-6;9-6-1-5(3-8(11)12)2-7(4-6)10(13)14;8-5-1-4(7(10)11)2-6(3-5)9(12)13;9-7(10)5-2-1-3-6(4-5)8(11)12;2-1-3;/h2-3,5H,4H2,1H3;2-3,5H,4,11H2,1H3;1-2,4H,3H2,(H,11,12);1-3H,(H,10,11);1-4H,(H,9,10);(H,2,3);/q;;;;;;+1/p-1. The fraction of sp³-hybridized carbons (Fsp3) is 0.125. The van der Waals surface area contributed by atoms with E-state index in [0.717, 1.165) is 27.5 Å². The van der Waals surface area contributed by atoms with E-state index in [9.17, 15) is 62.7 Å². The molecule has 5 aromatic rings. The maximum atomic E-state index is 11.1. The van der Waals surface area contributed by atoms with Gasteiger partial charge in [-0.1, -0.05) is 69.8 Å². The number of carbonyl (C=O) groups excluding carboxylic acids is 2. The minimum absolute atomic E-state index is 0. The van der Waals surface area contributed by atoms with Gasteiger partial charge in [0.2, 0.25) is 0 Å². The number of nitro benzene ring substituents is 3. The summed E-state index contributed by atoms with van der Waals surface area (Å²) >= 11 is 12.5. The van der Waals surface area contributed by atoms with Crippen LogP contribution in [0.15, 0.2) is 125 Å². The number of carbonyl (C=O) groups is 5. The number of benzene rings is 5. The minimum Gasteiger partial charge on any atom is -0.481 e. The van der Waals surface area contributed by atoms with Crippen molar-refractivity contribution in [1.82, 2.24) is 0 Å². The molecule has 5 aromatic carbocycles. The van der Waals surface area contributed by atoms with E-state index in [1.165, 1.54) is 68.8 Å². The number of nitro groups is 3. The van der Waals surface area contributed by atoms with Crippen molar-refractivity contribution in [2.45, 2.75) is 24.2 Å². The second-order valence-electron chi connectivity index (χ2n) is 12.7. The summed E-state index contributed by atoms with van der Waals surface area (Å²) in [5.74, 6) is -4.09. The number of nitrogens with two attached hydrogens (primary N) is 1. The second-order valence-corrected chi connectivity index (χ2v) is 19.0. The molecule has 0 atom stereocenters. The number of carboxylic acids is 3. The van der Waals surface area contributed by atoms with E-state index in [2.05, 4.69) is 73.2 Å². The predicted octanol–water partition coefficient (Wildman–Crippen LogP) is 6.43. The zero-order valence-electron chi connectivity index (χ0n) is 36.8. The van der Waals surface area contributed by atoms with E-state index in [0.29, 0.717) is 30.2 Å². The van der Waals surface area contributed by atoms with Gasteiger partial charge in [-0.2, -0.15) is 0 Å². The molecule has 0 radical (unpaired) electrons. The van der Waals surface area contributed by atoms with E-state index >= 15 is 0 Å². The number of carboxylic acid groups (broad SMARTS) is 3. The monoisotopic (exact) mass is 1310 g/mol. The Morgan fingerprint density at radius 3 is 1.40 bits per heavy atom. The molecule has 0 unspecified atom stereocenters. The number of esters is 2. The first-order valence-corrected chi connectivity index (χ1v) is 23.6. The molecule has 32 heteroatoms. The number of rotatable bonds is 12. The molecule has 0 heterocycles. The third kappa shape index (κ3) is 28.8. The van der Waals surface area contributed by atoms with Gasteiger partial charge in [0, 0.05) is 70.7 Å². The van der Waals surface area contributed by atoms with Crippen LogP contribution in [-0.2, 0) is 52.2 Å². The molecule has 0 saturated carbocycles. The van der Waals surface area contributed by atoms with Crippen molar-refractivity contribution < 1.29 is 102 Å². The number of hydrogen-bond donors (Lipinski definition) is 4. The summed E-state index contributed by atoms with van der Waals surface area (Å²) in [5, 5.41) is 65.5. The molecule has 5 N–H and O–H groups in total. The van der Waals surface area contributed by atoms with Gasteiger partial charge in [-0.05, 0) is 71.3 Å². The van der Waals surface area contributed by atoms with Gasteiger partial charge < -0.3 is 40.6 Å². The molecular formula is C40H33Br4ClN5NaO20S. The Bertz CT molecular complexity index is 2800. The molecule has 380 valence electrons. The van der Waals surface area contributed by atoms with Crippen LogP contribution in [0.2, 0.25) is 0 Å². The molecule has 0 amide bonds. The molecule has 25 nitrogen and oxygen atoms in total. The Morgan fingerprint density at radius 2 is 1.00 bits per heavy atom. The van der Waals surface area contributed by atoms with Crippen LogP contribution in [0.5, 0.6) is 0 Å². The average molecular weight is 1310 g/mol. The number of halogens is 5. The van der Waals surface area contributed by atoms with Gasteiger partial charge >= 0.3 is 59.4 Å². The maximum absolute atomic E-state index is 11.1. The molecule has 72 heavy (non-hydrogen) atoms. The van der Waals surface area contributed by atoms with Crippen LogP contribution in [0, 0.1) is 40.5 Å². The van der Waals surface area contributed by atoms with E-state index < -0.39 is 47.7 Å². The summed E-state index contributed by atoms with van der Waals surface area (Å²) in [7, 11) is 4.04. The summed E-state index contributed by atoms with van der Waals surface area (Å²) in [4.78, 5) is 90.2. The van der Waals surface area contributed by atoms with E-state index in [1.807, 2.05) is 6.07 Å². The van der Waals surface area contributed by atoms with Gasteiger partial charge in [-0.25, -0.2) is 18.0 Å². The zero-order chi connectivity index (χ0) is 54.8. The van der Waals surface area contributed by atoms with E-state index in [1.54, 1.807) is 24.3 Å². The van der Waals surface area contributed by atoms with E-state index in [4.69, 9.17) is 41.8 Å². The predicted molar refractivity (Wildman–Crippen MR) is 266 cm³/mol. The summed E-state index contributed by atoms with van der Waals surface area (Å²) in [6.07, 6.45) is 0.0236. The number of non-ortho nitro benzene ring substituents is 3. The molecule has 0 aliphatic rings. The molecule has 0 aliphatic carbocycles.